The molecular formula is C8H11F3N2O3. The standard InChI is InChI=1S/C6H10N2O.C2HF3O2/c1-4-5(2)8(3)6(9)7-4;3-2(4,5)1(6)7/h1-3H3,(H,7,9);(H,6,7). The first-order chi connectivity index (χ1) is 7.07. The van der Waals surface area contributed by atoms with E-state index >= 15 is 0 Å². The van der Waals surface area contributed by atoms with E-state index in [0.29, 0.717) is 0 Å². The van der Waals surface area contributed by atoms with Gasteiger partial charge in [-0.15, -0.1) is 0 Å². The van der Waals surface area contributed by atoms with Crippen molar-refractivity contribution in [3.8, 4) is 0 Å². The molecule has 0 aliphatic heterocycles. The number of hydrogen-bond donors (Lipinski definition) is 2. The second kappa shape index (κ2) is 4.86. The molecule has 92 valence electrons. The number of carbonyl (C=O) groups is 1. The highest BCUT2D eigenvalue weighted by atomic mass is 19.4. The molecule has 0 fully saturated rings. The number of H-pyrrole nitrogens is 1. The summed E-state index contributed by atoms with van der Waals surface area (Å²) in [5.41, 5.74) is 1.91. The molecule has 0 aliphatic carbocycles. The van der Waals surface area contributed by atoms with Crippen LogP contribution in [0.15, 0.2) is 4.79 Å². The number of hydrogen-bond acceptors (Lipinski definition) is 2. The van der Waals surface area contributed by atoms with Gasteiger partial charge in [-0.3, -0.25) is 4.57 Å². The average molecular weight is 240 g/mol. The Labute approximate surface area is 88.5 Å². The van der Waals surface area contributed by atoms with E-state index in [1.165, 1.54) is 0 Å². The molecule has 0 aliphatic rings. The van der Waals surface area contributed by atoms with Crippen molar-refractivity contribution >= 4 is 5.97 Å². The molecule has 0 bridgehead atoms. The molecule has 5 nitrogen and oxygen atoms in total. The number of nitrogens with zero attached hydrogens (tertiary/aromatic N) is 1. The molecule has 0 aromatic carbocycles. The number of aryl methyl sites for hydroxylation is 1. The van der Waals surface area contributed by atoms with E-state index in [-0.39, 0.29) is 5.69 Å². The minimum absolute atomic E-state index is 0.0370. The second-order valence-electron chi connectivity index (χ2n) is 3.00. The summed E-state index contributed by atoms with van der Waals surface area (Å²) in [6.07, 6.45) is -5.08. The SMILES string of the molecule is Cc1[nH]c(=O)n(C)c1C.O=C(O)C(F)(F)F. The Morgan fingerprint density at radius 2 is 1.75 bits per heavy atom. The van der Waals surface area contributed by atoms with Gasteiger partial charge in [0.15, 0.2) is 0 Å². The summed E-state index contributed by atoms with van der Waals surface area (Å²) in [7, 11) is 1.75. The van der Waals surface area contributed by atoms with Crippen LogP contribution < -0.4 is 5.69 Å². The average Bonchev–Trinajstić information content (AvgIpc) is 2.33. The van der Waals surface area contributed by atoms with Gasteiger partial charge in [0, 0.05) is 18.4 Å². The predicted octanol–water partition coefficient (Wildman–Crippen LogP) is 0.964. The number of alkyl halides is 3. The van der Waals surface area contributed by atoms with E-state index in [2.05, 4.69) is 4.98 Å². The van der Waals surface area contributed by atoms with Crippen LogP contribution in [-0.2, 0) is 11.8 Å². The first-order valence-electron chi connectivity index (χ1n) is 4.09. The quantitative estimate of drug-likeness (QED) is 0.709. The number of aliphatic carboxylic acids is 1. The molecule has 8 heteroatoms. The summed E-state index contributed by atoms with van der Waals surface area (Å²) in [6.45, 7) is 3.80. The lowest BCUT2D eigenvalue weighted by Gasteiger charge is -1.93. The fourth-order valence-corrected chi connectivity index (χ4v) is 0.739. The summed E-state index contributed by atoms with van der Waals surface area (Å²) in [6, 6.07) is 0. The molecule has 2 N–H and O–H groups in total. The van der Waals surface area contributed by atoms with Crippen LogP contribution in [-0.4, -0.2) is 26.8 Å². The topological polar surface area (TPSA) is 75.1 Å². The summed E-state index contributed by atoms with van der Waals surface area (Å²) < 4.78 is 33.3. The van der Waals surface area contributed by atoms with E-state index in [1.807, 2.05) is 13.8 Å². The van der Waals surface area contributed by atoms with Crippen molar-refractivity contribution in [2.75, 3.05) is 0 Å². The van der Waals surface area contributed by atoms with Crippen molar-refractivity contribution in [2.45, 2.75) is 20.0 Å². The monoisotopic (exact) mass is 240 g/mol. The molecule has 0 saturated carbocycles. The normalized spacial score (nSPS) is 10.6. The maximum absolute atomic E-state index is 10.8. The summed E-state index contributed by atoms with van der Waals surface area (Å²) in [4.78, 5) is 22.3. The Kier molecular flexibility index (Phi) is 4.34. The van der Waals surface area contributed by atoms with Crippen molar-refractivity contribution in [3.05, 3.63) is 21.9 Å². The second-order valence-corrected chi connectivity index (χ2v) is 3.00. The molecule has 1 aromatic rings. The van der Waals surface area contributed by atoms with Crippen molar-refractivity contribution in [1.82, 2.24) is 9.55 Å². The Bertz CT molecular complexity index is 431. The highest BCUT2D eigenvalue weighted by molar-refractivity contribution is 5.73. The summed E-state index contributed by atoms with van der Waals surface area (Å²) in [5.74, 6) is -2.76. The van der Waals surface area contributed by atoms with Gasteiger partial charge in [-0.05, 0) is 13.8 Å². The molecule has 0 atom stereocenters. The lowest BCUT2D eigenvalue weighted by atomic mass is 10.4. The number of carboxylic acids is 1. The Morgan fingerprint density at radius 3 is 1.81 bits per heavy atom. The van der Waals surface area contributed by atoms with Crippen LogP contribution in [0.25, 0.3) is 0 Å². The molecule has 1 aromatic heterocycles. The zero-order valence-corrected chi connectivity index (χ0v) is 8.84. The third-order valence-electron chi connectivity index (χ3n) is 1.89. The zero-order valence-electron chi connectivity index (χ0n) is 8.84. The summed E-state index contributed by atoms with van der Waals surface area (Å²) >= 11 is 0. The first-order valence-corrected chi connectivity index (χ1v) is 4.09. The van der Waals surface area contributed by atoms with E-state index < -0.39 is 12.1 Å². The number of nitrogens with one attached hydrogen (secondary N) is 1. The smallest absolute Gasteiger partial charge is 0.475 e. The number of aromatic nitrogens is 2. The Balaban J connectivity index is 0.000000293. The van der Waals surface area contributed by atoms with Crippen LogP contribution in [0.3, 0.4) is 0 Å². The van der Waals surface area contributed by atoms with Crippen LogP contribution in [0.2, 0.25) is 0 Å². The first kappa shape index (κ1) is 14.3. The van der Waals surface area contributed by atoms with Gasteiger partial charge in [-0.2, -0.15) is 13.2 Å². The van der Waals surface area contributed by atoms with Crippen molar-refractivity contribution < 1.29 is 23.1 Å². The molecule has 1 rings (SSSR count). The van der Waals surface area contributed by atoms with Crippen LogP contribution in [0.1, 0.15) is 11.4 Å². The van der Waals surface area contributed by atoms with Gasteiger partial charge in [0.2, 0.25) is 0 Å². The van der Waals surface area contributed by atoms with Gasteiger partial charge in [0.1, 0.15) is 0 Å². The number of imidazole rings is 1. The van der Waals surface area contributed by atoms with E-state index in [9.17, 15) is 18.0 Å². The Morgan fingerprint density at radius 1 is 1.38 bits per heavy atom. The molecule has 16 heavy (non-hydrogen) atoms. The predicted molar refractivity (Wildman–Crippen MR) is 49.2 cm³/mol. The molecular weight excluding hydrogens is 229 g/mol. The van der Waals surface area contributed by atoms with Gasteiger partial charge in [-0.1, -0.05) is 0 Å². The maximum Gasteiger partial charge on any atom is 0.490 e. The van der Waals surface area contributed by atoms with E-state index in [4.69, 9.17) is 9.90 Å². The van der Waals surface area contributed by atoms with E-state index in [0.717, 1.165) is 11.4 Å². The largest absolute Gasteiger partial charge is 0.490 e. The van der Waals surface area contributed by atoms with Gasteiger partial charge in [0.25, 0.3) is 0 Å². The number of halogens is 3. The number of carboxylic acid groups (broad SMARTS) is 1. The minimum atomic E-state index is -5.08. The third-order valence-corrected chi connectivity index (χ3v) is 1.89. The van der Waals surface area contributed by atoms with Gasteiger partial charge in [-0.25, -0.2) is 9.59 Å². The number of rotatable bonds is 0. The molecule has 0 unspecified atom stereocenters. The molecule has 0 saturated heterocycles. The number of aromatic amines is 1. The maximum atomic E-state index is 10.8. The zero-order chi connectivity index (χ0) is 13.1. The fourth-order valence-electron chi connectivity index (χ4n) is 0.739. The minimum Gasteiger partial charge on any atom is -0.475 e. The van der Waals surface area contributed by atoms with Crippen LogP contribution >= 0.6 is 0 Å². The van der Waals surface area contributed by atoms with Gasteiger partial charge >= 0.3 is 17.8 Å². The molecule has 0 spiro atoms. The Hall–Kier alpha value is -1.73. The highest BCUT2D eigenvalue weighted by Crippen LogP contribution is 2.13. The molecule has 0 radical (unpaired) electrons. The van der Waals surface area contributed by atoms with Crippen molar-refractivity contribution in [3.63, 3.8) is 0 Å². The lowest BCUT2D eigenvalue weighted by Crippen LogP contribution is -2.21. The van der Waals surface area contributed by atoms with Crippen molar-refractivity contribution in [1.29, 1.82) is 0 Å². The molecule has 0 amide bonds. The lowest BCUT2D eigenvalue weighted by molar-refractivity contribution is -0.192. The van der Waals surface area contributed by atoms with E-state index in [1.54, 1.807) is 11.6 Å². The summed E-state index contributed by atoms with van der Waals surface area (Å²) in [5, 5.41) is 7.12. The van der Waals surface area contributed by atoms with Crippen LogP contribution in [0.4, 0.5) is 13.2 Å². The highest BCUT2D eigenvalue weighted by Gasteiger charge is 2.38. The third kappa shape index (κ3) is 3.79. The van der Waals surface area contributed by atoms with Gasteiger partial charge < -0.3 is 10.1 Å². The molecule has 1 heterocycles. The van der Waals surface area contributed by atoms with Crippen LogP contribution in [0, 0.1) is 13.8 Å². The van der Waals surface area contributed by atoms with Crippen LogP contribution in [0.5, 0.6) is 0 Å². The fraction of sp³-hybridized carbons (Fsp3) is 0.500. The van der Waals surface area contributed by atoms with Crippen molar-refractivity contribution in [2.24, 2.45) is 7.05 Å². The van der Waals surface area contributed by atoms with Gasteiger partial charge in [0.05, 0.1) is 0 Å².